The van der Waals surface area contributed by atoms with Gasteiger partial charge in [-0.1, -0.05) is 23.9 Å². The molecule has 0 saturated carbocycles. The monoisotopic (exact) mass is 376 g/mol. The lowest BCUT2D eigenvalue weighted by Gasteiger charge is -2.34. The van der Waals surface area contributed by atoms with Crippen LogP contribution in [0.5, 0.6) is 0 Å². The highest BCUT2D eigenvalue weighted by molar-refractivity contribution is 8.01. The molecule has 0 spiro atoms. The number of carbonyl (C=O) groups is 1. The van der Waals surface area contributed by atoms with E-state index in [0.717, 1.165) is 41.2 Å². The number of thiazole rings is 2. The number of benzene rings is 1. The minimum Gasteiger partial charge on any atom is -0.345 e. The number of hydrogen-bond acceptors (Lipinski definition) is 7. The van der Waals surface area contributed by atoms with E-state index in [1.54, 1.807) is 22.7 Å². The molecule has 1 saturated heterocycles. The molecule has 24 heavy (non-hydrogen) atoms. The van der Waals surface area contributed by atoms with Gasteiger partial charge in [-0.3, -0.25) is 4.79 Å². The molecule has 2 aromatic heterocycles. The van der Waals surface area contributed by atoms with E-state index in [4.69, 9.17) is 0 Å². The van der Waals surface area contributed by atoms with Crippen LogP contribution in [0.15, 0.2) is 40.2 Å². The Kier molecular flexibility index (Phi) is 4.68. The first-order chi connectivity index (χ1) is 11.8. The molecule has 0 atom stereocenters. The molecular weight excluding hydrogens is 360 g/mol. The summed E-state index contributed by atoms with van der Waals surface area (Å²) in [5.74, 6) is 0.648. The van der Waals surface area contributed by atoms with E-state index in [9.17, 15) is 4.79 Å². The van der Waals surface area contributed by atoms with Crippen molar-refractivity contribution in [2.45, 2.75) is 4.34 Å². The van der Waals surface area contributed by atoms with Crippen LogP contribution in [0.4, 0.5) is 5.13 Å². The van der Waals surface area contributed by atoms with Crippen LogP contribution in [0, 0.1) is 0 Å². The molecule has 8 heteroatoms. The Morgan fingerprint density at radius 3 is 2.79 bits per heavy atom. The number of amides is 1. The largest absolute Gasteiger partial charge is 0.345 e. The molecule has 1 fully saturated rings. The Balaban J connectivity index is 1.30. The first-order valence-electron chi connectivity index (χ1n) is 7.70. The van der Waals surface area contributed by atoms with E-state index in [1.165, 1.54) is 16.5 Å². The quantitative estimate of drug-likeness (QED) is 0.655. The molecule has 3 heterocycles. The second-order valence-electron chi connectivity index (χ2n) is 5.42. The number of nitrogens with zero attached hydrogens (tertiary/aromatic N) is 4. The van der Waals surface area contributed by atoms with Crippen molar-refractivity contribution in [2.75, 3.05) is 36.8 Å². The van der Waals surface area contributed by atoms with Crippen LogP contribution < -0.4 is 4.90 Å². The fourth-order valence-electron chi connectivity index (χ4n) is 2.65. The van der Waals surface area contributed by atoms with Crippen LogP contribution in [0.1, 0.15) is 0 Å². The number of rotatable bonds is 4. The third-order valence-corrected chi connectivity index (χ3v) is 6.91. The lowest BCUT2D eigenvalue weighted by Crippen LogP contribution is -2.49. The molecular formula is C16H16N4OS3. The minimum absolute atomic E-state index is 0.193. The summed E-state index contributed by atoms with van der Waals surface area (Å²) in [7, 11) is 0. The Morgan fingerprint density at radius 2 is 2.04 bits per heavy atom. The van der Waals surface area contributed by atoms with E-state index < -0.39 is 0 Å². The van der Waals surface area contributed by atoms with Gasteiger partial charge in [-0.2, -0.15) is 0 Å². The van der Waals surface area contributed by atoms with E-state index >= 15 is 0 Å². The molecule has 0 N–H and O–H groups in total. The standard InChI is InChI=1S/C16H16N4OS3/c21-14(11-23-16-18-12-3-1-2-4-13(12)24-16)19-6-8-20(9-7-19)15-17-5-10-22-15/h1-5,10H,6-9,11H2. The van der Waals surface area contributed by atoms with Gasteiger partial charge in [0.25, 0.3) is 0 Å². The van der Waals surface area contributed by atoms with E-state index in [1.807, 2.05) is 34.7 Å². The van der Waals surface area contributed by atoms with Gasteiger partial charge in [-0.25, -0.2) is 9.97 Å². The van der Waals surface area contributed by atoms with Crippen molar-refractivity contribution in [1.29, 1.82) is 0 Å². The Bertz CT molecular complexity index is 792. The molecule has 1 aliphatic rings. The molecule has 5 nitrogen and oxygen atoms in total. The molecule has 124 valence electrons. The third kappa shape index (κ3) is 3.40. The Hall–Kier alpha value is -1.64. The van der Waals surface area contributed by atoms with Crippen LogP contribution in [0.3, 0.4) is 0 Å². The van der Waals surface area contributed by atoms with Crippen molar-refractivity contribution in [1.82, 2.24) is 14.9 Å². The molecule has 0 bridgehead atoms. The number of aromatic nitrogens is 2. The first-order valence-corrected chi connectivity index (χ1v) is 10.4. The second kappa shape index (κ2) is 7.08. The highest BCUT2D eigenvalue weighted by atomic mass is 32.2. The fourth-order valence-corrected chi connectivity index (χ4v) is 5.31. The lowest BCUT2D eigenvalue weighted by molar-refractivity contribution is -0.128. The maximum atomic E-state index is 12.4. The number of para-hydroxylation sites is 1. The second-order valence-corrected chi connectivity index (χ2v) is 8.54. The van der Waals surface area contributed by atoms with Crippen LogP contribution in [-0.2, 0) is 4.79 Å². The highest BCUT2D eigenvalue weighted by Crippen LogP contribution is 2.29. The summed E-state index contributed by atoms with van der Waals surface area (Å²) in [6.45, 7) is 3.23. The summed E-state index contributed by atoms with van der Waals surface area (Å²) in [6, 6.07) is 8.08. The normalized spacial score (nSPS) is 15.2. The number of piperazine rings is 1. The lowest BCUT2D eigenvalue weighted by atomic mass is 10.3. The number of carbonyl (C=O) groups excluding carboxylic acids is 1. The van der Waals surface area contributed by atoms with Gasteiger partial charge in [0.1, 0.15) is 0 Å². The zero-order valence-corrected chi connectivity index (χ0v) is 15.4. The van der Waals surface area contributed by atoms with Crippen molar-refractivity contribution in [3.8, 4) is 0 Å². The number of anilines is 1. The number of hydrogen-bond donors (Lipinski definition) is 0. The van der Waals surface area contributed by atoms with Gasteiger partial charge in [0.05, 0.1) is 16.0 Å². The van der Waals surface area contributed by atoms with Crippen molar-refractivity contribution < 1.29 is 4.79 Å². The average molecular weight is 377 g/mol. The summed E-state index contributed by atoms with van der Waals surface area (Å²) in [6.07, 6.45) is 1.83. The van der Waals surface area contributed by atoms with Crippen molar-refractivity contribution in [3.05, 3.63) is 35.8 Å². The predicted octanol–water partition coefficient (Wildman–Crippen LogP) is 3.19. The van der Waals surface area contributed by atoms with Gasteiger partial charge in [-0.05, 0) is 12.1 Å². The van der Waals surface area contributed by atoms with E-state index in [-0.39, 0.29) is 5.91 Å². The van der Waals surface area contributed by atoms with Gasteiger partial charge in [0.15, 0.2) is 9.47 Å². The molecule has 0 aliphatic carbocycles. The van der Waals surface area contributed by atoms with Gasteiger partial charge in [0, 0.05) is 37.8 Å². The van der Waals surface area contributed by atoms with Crippen molar-refractivity contribution in [3.63, 3.8) is 0 Å². The van der Waals surface area contributed by atoms with Crippen molar-refractivity contribution >= 4 is 55.7 Å². The maximum absolute atomic E-state index is 12.4. The molecule has 1 amide bonds. The zero-order valence-electron chi connectivity index (χ0n) is 12.9. The molecule has 3 aromatic rings. The smallest absolute Gasteiger partial charge is 0.233 e. The fraction of sp³-hybridized carbons (Fsp3) is 0.312. The Labute approximate surface area is 152 Å². The Morgan fingerprint density at radius 1 is 1.21 bits per heavy atom. The SMILES string of the molecule is O=C(CSc1nc2ccccc2s1)N1CCN(c2nccs2)CC1. The summed E-state index contributed by atoms with van der Waals surface area (Å²) in [4.78, 5) is 25.5. The topological polar surface area (TPSA) is 49.3 Å². The maximum Gasteiger partial charge on any atom is 0.233 e. The molecule has 1 aromatic carbocycles. The third-order valence-electron chi connectivity index (χ3n) is 3.92. The van der Waals surface area contributed by atoms with Crippen LogP contribution >= 0.6 is 34.4 Å². The number of thioether (sulfide) groups is 1. The van der Waals surface area contributed by atoms with Gasteiger partial charge in [0.2, 0.25) is 5.91 Å². The van der Waals surface area contributed by atoms with Gasteiger partial charge in [-0.15, -0.1) is 22.7 Å². The summed E-state index contributed by atoms with van der Waals surface area (Å²) < 4.78 is 2.13. The summed E-state index contributed by atoms with van der Waals surface area (Å²) in [5, 5.41) is 3.03. The van der Waals surface area contributed by atoms with Gasteiger partial charge < -0.3 is 9.80 Å². The highest BCUT2D eigenvalue weighted by Gasteiger charge is 2.22. The van der Waals surface area contributed by atoms with Gasteiger partial charge >= 0.3 is 0 Å². The van der Waals surface area contributed by atoms with Crippen molar-refractivity contribution in [2.24, 2.45) is 0 Å². The average Bonchev–Trinajstić information content (AvgIpc) is 3.29. The van der Waals surface area contributed by atoms with Crippen LogP contribution in [0.2, 0.25) is 0 Å². The van der Waals surface area contributed by atoms with E-state index in [2.05, 4.69) is 20.9 Å². The number of fused-ring (bicyclic) bond motifs is 1. The summed E-state index contributed by atoms with van der Waals surface area (Å²) in [5.41, 5.74) is 1.01. The molecule has 0 unspecified atom stereocenters. The minimum atomic E-state index is 0.193. The molecule has 1 aliphatic heterocycles. The summed E-state index contributed by atoms with van der Waals surface area (Å²) >= 11 is 4.84. The first kappa shape index (κ1) is 15.9. The van der Waals surface area contributed by atoms with E-state index in [0.29, 0.717) is 5.75 Å². The molecule has 0 radical (unpaired) electrons. The predicted molar refractivity (Wildman–Crippen MR) is 101 cm³/mol. The zero-order chi connectivity index (χ0) is 16.4. The van der Waals surface area contributed by atoms with Crippen LogP contribution in [-0.4, -0.2) is 52.7 Å². The molecule has 4 rings (SSSR count). The van der Waals surface area contributed by atoms with Crippen LogP contribution in [0.25, 0.3) is 10.2 Å².